The molecule has 1 saturated heterocycles. The highest BCUT2D eigenvalue weighted by Crippen LogP contribution is 2.56. The fraction of sp³-hybridized carbons (Fsp3) is 0.536. The quantitative estimate of drug-likeness (QED) is 0.606. The van der Waals surface area contributed by atoms with E-state index in [4.69, 9.17) is 4.74 Å². The number of benzene rings is 2. The van der Waals surface area contributed by atoms with E-state index >= 15 is 0 Å². The maximum atomic E-state index is 14.2. The number of aryl methyl sites for hydroxylation is 1. The number of likely N-dealkylation sites (N-methyl/N-ethyl adjacent to an activating group) is 2. The number of hydrogen-bond acceptors (Lipinski definition) is 3. The van der Waals surface area contributed by atoms with E-state index in [1.54, 1.807) is 0 Å². The number of rotatable bonds is 1. The lowest BCUT2D eigenvalue weighted by atomic mass is 9.76. The van der Waals surface area contributed by atoms with Crippen molar-refractivity contribution >= 4 is 5.91 Å². The van der Waals surface area contributed by atoms with Gasteiger partial charge in [0, 0.05) is 12.6 Å². The Morgan fingerprint density at radius 3 is 2.31 bits per heavy atom. The molecule has 3 aliphatic rings. The first-order chi connectivity index (χ1) is 15.1. The summed E-state index contributed by atoms with van der Waals surface area (Å²) in [7, 11) is 4.11. The van der Waals surface area contributed by atoms with Crippen molar-refractivity contribution in [1.82, 2.24) is 9.80 Å². The smallest absolute Gasteiger partial charge is 0.284 e. The normalized spacial score (nSPS) is 27.2. The van der Waals surface area contributed by atoms with Gasteiger partial charge in [0.1, 0.15) is 5.75 Å². The van der Waals surface area contributed by atoms with E-state index < -0.39 is 5.72 Å². The molecule has 2 heterocycles. The van der Waals surface area contributed by atoms with E-state index in [1.807, 2.05) is 18.0 Å². The second-order valence-corrected chi connectivity index (χ2v) is 11.1. The van der Waals surface area contributed by atoms with Crippen molar-refractivity contribution in [2.24, 2.45) is 0 Å². The predicted octanol–water partition coefficient (Wildman–Crippen LogP) is 5.38. The van der Waals surface area contributed by atoms with Gasteiger partial charge in [-0.15, -0.1) is 0 Å². The Bertz CT molecular complexity index is 1050. The fourth-order valence-electron chi connectivity index (χ4n) is 6.51. The molecule has 0 aromatic heterocycles. The molecule has 4 nitrogen and oxygen atoms in total. The van der Waals surface area contributed by atoms with Crippen LogP contribution in [-0.4, -0.2) is 41.2 Å². The average molecular weight is 433 g/mol. The summed E-state index contributed by atoms with van der Waals surface area (Å²) in [4.78, 5) is 18.5. The van der Waals surface area contributed by atoms with Crippen LogP contribution in [-0.2, 0) is 16.6 Å². The third-order valence-electron chi connectivity index (χ3n) is 8.24. The Hall–Kier alpha value is -2.33. The number of ether oxygens (including phenoxy) is 1. The van der Waals surface area contributed by atoms with Gasteiger partial charge >= 0.3 is 0 Å². The Labute approximate surface area is 192 Å². The lowest BCUT2D eigenvalue weighted by Crippen LogP contribution is -2.62. The van der Waals surface area contributed by atoms with Crippen molar-refractivity contribution in [3.8, 4) is 5.75 Å². The van der Waals surface area contributed by atoms with E-state index in [9.17, 15) is 4.79 Å². The minimum atomic E-state index is -1.03. The number of carbonyl (C=O) groups is 1. The maximum absolute atomic E-state index is 14.2. The van der Waals surface area contributed by atoms with Gasteiger partial charge in [-0.1, -0.05) is 68.8 Å². The Kier molecular flexibility index (Phi) is 4.76. The molecular formula is C28H36N2O2. The lowest BCUT2D eigenvalue weighted by molar-refractivity contribution is -0.154. The van der Waals surface area contributed by atoms with E-state index in [2.05, 4.69) is 76.0 Å². The molecule has 32 heavy (non-hydrogen) atoms. The summed E-state index contributed by atoms with van der Waals surface area (Å²) in [5.41, 5.74) is 3.46. The van der Waals surface area contributed by atoms with Crippen LogP contribution in [0.3, 0.4) is 0 Å². The van der Waals surface area contributed by atoms with E-state index in [-0.39, 0.29) is 22.9 Å². The molecule has 1 amide bonds. The number of nitrogens with zero attached hydrogens (tertiary/aromatic N) is 2. The molecule has 2 aromatic rings. The number of amides is 1. The molecule has 0 radical (unpaired) electrons. The molecule has 2 aromatic carbocycles. The Morgan fingerprint density at radius 2 is 1.69 bits per heavy atom. The van der Waals surface area contributed by atoms with Crippen LogP contribution in [0, 0.1) is 6.92 Å². The molecule has 1 saturated carbocycles. The Balaban J connectivity index is 1.75. The minimum absolute atomic E-state index is 0.0641. The topological polar surface area (TPSA) is 32.8 Å². The van der Waals surface area contributed by atoms with Crippen LogP contribution in [0.15, 0.2) is 42.5 Å². The van der Waals surface area contributed by atoms with Gasteiger partial charge in [-0.3, -0.25) is 4.79 Å². The molecule has 2 atom stereocenters. The zero-order valence-corrected chi connectivity index (χ0v) is 20.4. The van der Waals surface area contributed by atoms with Crippen LogP contribution in [0.4, 0.5) is 0 Å². The van der Waals surface area contributed by atoms with Gasteiger partial charge in [0.15, 0.2) is 0 Å². The van der Waals surface area contributed by atoms with Crippen LogP contribution in [0.2, 0.25) is 0 Å². The maximum Gasteiger partial charge on any atom is 0.284 e. The highest BCUT2D eigenvalue weighted by atomic mass is 16.5. The monoisotopic (exact) mass is 432 g/mol. The molecule has 1 aliphatic carbocycles. The summed E-state index contributed by atoms with van der Waals surface area (Å²) in [6.07, 6.45) is 5.11. The standard InChI is InChI=1S/C28H36N2O2/c1-19-16-21-18-22(20-12-8-7-9-13-20)28(32-24(21)23(17-19)26(2,3)4)25(31)29(5)27(30(28)6)14-10-11-15-27/h7-9,12-13,16-17,22H,10-11,14-15,18H2,1-6H3/t22-,28-/m1/s1. The molecule has 0 unspecified atom stereocenters. The molecule has 5 rings (SSSR count). The molecule has 2 spiro atoms. The third-order valence-corrected chi connectivity index (χ3v) is 8.24. The minimum Gasteiger partial charge on any atom is -0.462 e. The van der Waals surface area contributed by atoms with E-state index in [0.717, 1.165) is 37.9 Å². The molecule has 170 valence electrons. The summed E-state index contributed by atoms with van der Waals surface area (Å²) in [5, 5.41) is 0. The molecule has 0 bridgehead atoms. The van der Waals surface area contributed by atoms with Gasteiger partial charge in [0.25, 0.3) is 11.6 Å². The lowest BCUT2D eigenvalue weighted by Gasteiger charge is -2.48. The summed E-state index contributed by atoms with van der Waals surface area (Å²) in [6.45, 7) is 8.84. The molecule has 4 heteroatoms. The third kappa shape index (κ3) is 2.81. The van der Waals surface area contributed by atoms with Gasteiger partial charge in [0.05, 0.1) is 11.6 Å². The zero-order chi connectivity index (χ0) is 22.9. The van der Waals surface area contributed by atoms with Crippen molar-refractivity contribution in [2.75, 3.05) is 14.1 Å². The SMILES string of the molecule is Cc1cc2c(c(C(C)(C)C)c1)O[C@@]1(C(=O)N(C)C3(CCCC3)N1C)[C@@H](c1ccccc1)C2. The van der Waals surface area contributed by atoms with Gasteiger partial charge in [0.2, 0.25) is 0 Å². The summed E-state index contributed by atoms with van der Waals surface area (Å²) >= 11 is 0. The van der Waals surface area contributed by atoms with Crippen LogP contribution in [0.1, 0.15) is 74.6 Å². The highest BCUT2D eigenvalue weighted by molar-refractivity contribution is 5.90. The van der Waals surface area contributed by atoms with Gasteiger partial charge in [-0.25, -0.2) is 4.90 Å². The van der Waals surface area contributed by atoms with Gasteiger partial charge in [-0.05, 0) is 62.6 Å². The average Bonchev–Trinajstić information content (AvgIpc) is 3.31. The van der Waals surface area contributed by atoms with E-state index in [1.165, 1.54) is 22.3 Å². The van der Waals surface area contributed by atoms with Gasteiger partial charge in [-0.2, -0.15) is 0 Å². The second-order valence-electron chi connectivity index (χ2n) is 11.1. The largest absolute Gasteiger partial charge is 0.462 e. The fourth-order valence-corrected chi connectivity index (χ4v) is 6.51. The van der Waals surface area contributed by atoms with Crippen LogP contribution >= 0.6 is 0 Å². The van der Waals surface area contributed by atoms with Crippen molar-refractivity contribution in [3.05, 3.63) is 64.7 Å². The summed E-state index contributed by atoms with van der Waals surface area (Å²) < 4.78 is 7.08. The van der Waals surface area contributed by atoms with Crippen molar-refractivity contribution in [2.45, 2.75) is 82.5 Å². The predicted molar refractivity (Wildman–Crippen MR) is 128 cm³/mol. The first-order valence-electron chi connectivity index (χ1n) is 12.0. The molecule has 2 aliphatic heterocycles. The van der Waals surface area contributed by atoms with Gasteiger partial charge < -0.3 is 9.64 Å². The first kappa shape index (κ1) is 21.5. The van der Waals surface area contributed by atoms with Crippen LogP contribution < -0.4 is 4.74 Å². The molecule has 2 fully saturated rings. The summed E-state index contributed by atoms with van der Waals surface area (Å²) in [6, 6.07) is 15.0. The number of carbonyl (C=O) groups excluding carboxylic acids is 1. The number of hydrogen-bond donors (Lipinski definition) is 0. The summed E-state index contributed by atoms with van der Waals surface area (Å²) in [5.74, 6) is 0.950. The Morgan fingerprint density at radius 1 is 1.03 bits per heavy atom. The second kappa shape index (κ2) is 7.08. The highest BCUT2D eigenvalue weighted by Gasteiger charge is 2.69. The molecular weight excluding hydrogens is 396 g/mol. The zero-order valence-electron chi connectivity index (χ0n) is 20.4. The van der Waals surface area contributed by atoms with E-state index in [0.29, 0.717) is 0 Å². The van der Waals surface area contributed by atoms with Crippen molar-refractivity contribution in [3.63, 3.8) is 0 Å². The van der Waals surface area contributed by atoms with Crippen molar-refractivity contribution < 1.29 is 9.53 Å². The van der Waals surface area contributed by atoms with Crippen LogP contribution in [0.5, 0.6) is 5.75 Å². The first-order valence-corrected chi connectivity index (χ1v) is 12.0. The molecule has 0 N–H and O–H groups in total. The van der Waals surface area contributed by atoms with Crippen molar-refractivity contribution in [1.29, 1.82) is 0 Å². The van der Waals surface area contributed by atoms with Crippen LogP contribution in [0.25, 0.3) is 0 Å². The number of fused-ring (bicyclic) bond motifs is 1.